The number of hydrogen-bond acceptors (Lipinski definition) is 3. The Morgan fingerprint density at radius 2 is 2.27 bits per heavy atom. The van der Waals surface area contributed by atoms with Crippen LogP contribution in [0.4, 0.5) is 4.39 Å². The molecule has 0 amide bonds. The molecule has 0 bridgehead atoms. The lowest BCUT2D eigenvalue weighted by atomic mass is 9.83. The first-order valence-corrected chi connectivity index (χ1v) is 3.43. The number of ether oxygens (including phenoxy) is 1. The van der Waals surface area contributed by atoms with Crippen molar-refractivity contribution in [3.05, 3.63) is 0 Å². The van der Waals surface area contributed by atoms with Crippen LogP contribution in [0.5, 0.6) is 0 Å². The van der Waals surface area contributed by atoms with Crippen molar-refractivity contribution in [2.24, 2.45) is 5.92 Å². The van der Waals surface area contributed by atoms with Crippen molar-refractivity contribution >= 4 is 7.85 Å². The lowest BCUT2D eigenvalue weighted by molar-refractivity contribution is -0.100. The van der Waals surface area contributed by atoms with Crippen LogP contribution < -0.4 is 0 Å². The van der Waals surface area contributed by atoms with Gasteiger partial charge in [0, 0.05) is 5.92 Å². The molecule has 0 aromatic rings. The molecule has 11 heavy (non-hydrogen) atoms. The average Bonchev–Trinajstić information content (AvgIpc) is 2.13. The summed E-state index contributed by atoms with van der Waals surface area (Å²) < 4.78 is 17.5. The molecule has 2 N–H and O–H groups in total. The second-order valence-electron chi connectivity index (χ2n) is 2.82. The molecular weight excluding hydrogens is 150 g/mol. The average molecular weight is 160 g/mol. The zero-order valence-corrected chi connectivity index (χ0v) is 6.20. The molecule has 1 rings (SSSR count). The fourth-order valence-electron chi connectivity index (χ4n) is 1.11. The van der Waals surface area contributed by atoms with Crippen molar-refractivity contribution in [2.45, 2.75) is 24.9 Å². The Balaban J connectivity index is 2.69. The molecule has 3 nitrogen and oxygen atoms in total. The fourth-order valence-corrected chi connectivity index (χ4v) is 1.11. The van der Waals surface area contributed by atoms with Crippen molar-refractivity contribution in [3.8, 4) is 0 Å². The molecule has 0 saturated carbocycles. The first-order valence-electron chi connectivity index (χ1n) is 3.43. The van der Waals surface area contributed by atoms with Gasteiger partial charge in [0.1, 0.15) is 6.10 Å². The maximum atomic E-state index is 13.0. The van der Waals surface area contributed by atoms with E-state index in [0.29, 0.717) is 0 Å². The van der Waals surface area contributed by atoms with E-state index < -0.39 is 30.5 Å². The van der Waals surface area contributed by atoms with Crippen molar-refractivity contribution in [2.75, 3.05) is 6.61 Å². The highest BCUT2D eigenvalue weighted by molar-refractivity contribution is 6.13. The summed E-state index contributed by atoms with van der Waals surface area (Å²) in [7, 11) is 5.02. The van der Waals surface area contributed by atoms with Crippen LogP contribution in [-0.2, 0) is 4.74 Å². The summed E-state index contributed by atoms with van der Waals surface area (Å²) >= 11 is 0. The van der Waals surface area contributed by atoms with E-state index >= 15 is 0 Å². The molecular formula is C6H10BFO3. The van der Waals surface area contributed by atoms with Gasteiger partial charge in [-0.05, 0) is 0 Å². The number of hydrogen-bond donors (Lipinski definition) is 2. The number of halogens is 1. The van der Waals surface area contributed by atoms with Crippen LogP contribution in [-0.4, -0.2) is 42.6 Å². The summed E-state index contributed by atoms with van der Waals surface area (Å²) in [5.74, 6) is -3.12. The van der Waals surface area contributed by atoms with Gasteiger partial charge < -0.3 is 14.9 Å². The van der Waals surface area contributed by atoms with Gasteiger partial charge in [-0.3, -0.25) is 0 Å². The smallest absolute Gasteiger partial charge is 0.166 e. The van der Waals surface area contributed by atoms with Crippen LogP contribution in [0.15, 0.2) is 0 Å². The quantitative estimate of drug-likeness (QED) is 0.492. The van der Waals surface area contributed by atoms with Crippen LogP contribution in [0.3, 0.4) is 0 Å². The Labute approximate surface area is 65.6 Å². The Kier molecular flexibility index (Phi) is 2.23. The van der Waals surface area contributed by atoms with Crippen LogP contribution in [0.1, 0.15) is 6.92 Å². The van der Waals surface area contributed by atoms with Gasteiger partial charge in [-0.25, -0.2) is 4.39 Å². The maximum Gasteiger partial charge on any atom is 0.166 e. The van der Waals surface area contributed by atoms with E-state index in [1.165, 1.54) is 6.92 Å². The van der Waals surface area contributed by atoms with Gasteiger partial charge in [0.2, 0.25) is 0 Å². The second kappa shape index (κ2) is 2.73. The second-order valence-corrected chi connectivity index (χ2v) is 2.82. The highest BCUT2D eigenvalue weighted by atomic mass is 19.2. The Bertz CT molecular complexity index is 153. The van der Waals surface area contributed by atoms with Gasteiger partial charge >= 0.3 is 0 Å². The minimum atomic E-state index is -2.31. The molecule has 4 atom stereocenters. The van der Waals surface area contributed by atoms with E-state index in [1.54, 1.807) is 0 Å². The predicted molar refractivity (Wildman–Crippen MR) is 36.7 cm³/mol. The van der Waals surface area contributed by atoms with Crippen molar-refractivity contribution in [1.29, 1.82) is 0 Å². The van der Waals surface area contributed by atoms with E-state index in [-0.39, 0.29) is 0 Å². The van der Waals surface area contributed by atoms with E-state index in [2.05, 4.69) is 4.74 Å². The van der Waals surface area contributed by atoms with Crippen LogP contribution in [0.25, 0.3) is 0 Å². The number of aliphatic hydroxyl groups is 2. The molecule has 2 radical (unpaired) electrons. The van der Waals surface area contributed by atoms with Crippen LogP contribution >= 0.6 is 0 Å². The van der Waals surface area contributed by atoms with Crippen LogP contribution in [0, 0.1) is 5.92 Å². The number of alkyl halides is 1. The zero-order chi connectivity index (χ0) is 8.65. The fraction of sp³-hybridized carbons (Fsp3) is 1.00. The summed E-state index contributed by atoms with van der Waals surface area (Å²) in [5, 5.41) is 17.8. The minimum absolute atomic E-state index is 0.422. The van der Waals surface area contributed by atoms with E-state index in [0.717, 1.165) is 0 Å². The topological polar surface area (TPSA) is 49.7 Å². The monoisotopic (exact) mass is 160 g/mol. The summed E-state index contributed by atoms with van der Waals surface area (Å²) in [6.45, 7) is 1.01. The maximum absolute atomic E-state index is 13.0. The third-order valence-electron chi connectivity index (χ3n) is 2.03. The first kappa shape index (κ1) is 8.97. The molecule has 1 aliphatic heterocycles. The first-order chi connectivity index (χ1) is 4.99. The largest absolute Gasteiger partial charge is 0.394 e. The highest BCUT2D eigenvalue weighted by Gasteiger charge is 2.48. The zero-order valence-electron chi connectivity index (χ0n) is 6.20. The molecule has 1 aliphatic rings. The normalized spacial score (nSPS) is 51.5. The summed E-state index contributed by atoms with van der Waals surface area (Å²) in [5.41, 5.74) is 0. The summed E-state index contributed by atoms with van der Waals surface area (Å²) in [6.07, 6.45) is -1.94. The van der Waals surface area contributed by atoms with Gasteiger partial charge in [0.25, 0.3) is 0 Å². The highest BCUT2D eigenvalue weighted by Crippen LogP contribution is 2.34. The molecule has 0 aromatic heterocycles. The van der Waals surface area contributed by atoms with Gasteiger partial charge in [0.15, 0.2) is 13.6 Å². The van der Waals surface area contributed by atoms with Crippen molar-refractivity contribution in [1.82, 2.24) is 0 Å². The molecule has 1 fully saturated rings. The van der Waals surface area contributed by atoms with E-state index in [4.69, 9.17) is 13.0 Å². The van der Waals surface area contributed by atoms with E-state index in [1.807, 2.05) is 0 Å². The van der Waals surface area contributed by atoms with Crippen LogP contribution in [0.2, 0.25) is 0 Å². The van der Waals surface area contributed by atoms with Crippen molar-refractivity contribution < 1.29 is 19.3 Å². The van der Waals surface area contributed by atoms with Gasteiger partial charge in [-0.2, -0.15) is 0 Å². The standard InChI is InChI=1S/C6H10BFO3/c1-3-5(10)4(2-9)11-6(3,7)8/h3-5,9-10H,2H2,1H3/t3-,4+,5?,6-/m0/s1. The summed E-state index contributed by atoms with van der Waals surface area (Å²) in [4.78, 5) is 0. The molecule has 1 heterocycles. The Hall–Kier alpha value is -0.125. The van der Waals surface area contributed by atoms with Gasteiger partial charge in [-0.1, -0.05) is 6.92 Å². The molecule has 0 spiro atoms. The predicted octanol–water partition coefficient (Wildman–Crippen LogP) is -0.834. The Morgan fingerprint density at radius 3 is 2.45 bits per heavy atom. The molecule has 1 unspecified atom stereocenters. The third-order valence-corrected chi connectivity index (χ3v) is 2.03. The van der Waals surface area contributed by atoms with Gasteiger partial charge in [-0.15, -0.1) is 0 Å². The third kappa shape index (κ3) is 1.41. The lowest BCUT2D eigenvalue weighted by Crippen LogP contribution is -2.31. The summed E-state index contributed by atoms with van der Waals surface area (Å²) in [6, 6.07) is 0. The molecule has 5 heteroatoms. The molecule has 1 saturated heterocycles. The number of aliphatic hydroxyl groups excluding tert-OH is 2. The van der Waals surface area contributed by atoms with Gasteiger partial charge in [0.05, 0.1) is 12.7 Å². The SMILES string of the molecule is [B][C@@]1(F)O[C@H](CO)C(O)[C@@H]1C. The minimum Gasteiger partial charge on any atom is -0.394 e. The molecule has 0 aliphatic carbocycles. The molecule has 0 aromatic carbocycles. The Morgan fingerprint density at radius 1 is 1.73 bits per heavy atom. The molecule has 62 valence electrons. The van der Waals surface area contributed by atoms with Crippen molar-refractivity contribution in [3.63, 3.8) is 0 Å². The number of rotatable bonds is 1. The van der Waals surface area contributed by atoms with E-state index in [9.17, 15) is 9.50 Å². The lowest BCUT2D eigenvalue weighted by Gasteiger charge is -2.18.